The maximum atomic E-state index is 10.8. The molecule has 1 atom stereocenters. The highest BCUT2D eigenvalue weighted by Crippen LogP contribution is 2.17. The van der Waals surface area contributed by atoms with Gasteiger partial charge in [0, 0.05) is 6.54 Å². The molecule has 2 rings (SSSR count). The van der Waals surface area contributed by atoms with E-state index in [1.165, 1.54) is 6.33 Å². The number of halogens is 1. The fraction of sp³-hybridized carbons (Fsp3) is 0.500. The normalized spacial score (nSPS) is 19.9. The Balaban J connectivity index is 1.98. The van der Waals surface area contributed by atoms with Gasteiger partial charge in [-0.2, -0.15) is 0 Å². The van der Waals surface area contributed by atoms with Crippen LogP contribution in [0.1, 0.15) is 10.4 Å². The summed E-state index contributed by atoms with van der Waals surface area (Å²) in [7, 11) is 0. The molecule has 6 nitrogen and oxygen atoms in total. The van der Waals surface area contributed by atoms with Crippen molar-refractivity contribution in [2.45, 2.75) is 6.10 Å². The van der Waals surface area contributed by atoms with Crippen LogP contribution in [0.3, 0.4) is 0 Å². The molecule has 2 heterocycles. The van der Waals surface area contributed by atoms with Gasteiger partial charge in [0.25, 0.3) is 0 Å². The van der Waals surface area contributed by atoms with Crippen LogP contribution in [0.2, 0.25) is 5.15 Å². The van der Waals surface area contributed by atoms with Crippen molar-refractivity contribution in [1.82, 2.24) is 9.97 Å². The second-order valence-electron chi connectivity index (χ2n) is 3.49. The zero-order valence-corrected chi connectivity index (χ0v) is 9.81. The molecule has 1 N–H and O–H groups in total. The minimum atomic E-state index is -0.0445. The molecule has 7 heteroatoms. The summed E-state index contributed by atoms with van der Waals surface area (Å²) in [6, 6.07) is 0. The van der Waals surface area contributed by atoms with Gasteiger partial charge in [-0.15, -0.1) is 0 Å². The molecule has 0 amide bonds. The number of aromatic nitrogens is 2. The van der Waals surface area contributed by atoms with Gasteiger partial charge in [-0.3, -0.25) is 4.79 Å². The number of aldehydes is 1. The highest BCUT2D eigenvalue weighted by Gasteiger charge is 2.15. The van der Waals surface area contributed by atoms with Gasteiger partial charge in [-0.1, -0.05) is 11.6 Å². The van der Waals surface area contributed by atoms with E-state index in [-0.39, 0.29) is 16.8 Å². The van der Waals surface area contributed by atoms with Crippen LogP contribution in [0.25, 0.3) is 0 Å². The fourth-order valence-electron chi connectivity index (χ4n) is 1.48. The SMILES string of the molecule is O=Cc1c(Cl)ncnc1NCC1COCCO1. The average Bonchev–Trinajstić information content (AvgIpc) is 2.37. The van der Waals surface area contributed by atoms with Crippen molar-refractivity contribution in [3.63, 3.8) is 0 Å². The molecule has 0 spiro atoms. The molecule has 17 heavy (non-hydrogen) atoms. The number of nitrogens with zero attached hydrogens (tertiary/aromatic N) is 2. The molecule has 0 aromatic carbocycles. The van der Waals surface area contributed by atoms with Crippen molar-refractivity contribution >= 4 is 23.7 Å². The molecule has 0 bridgehead atoms. The van der Waals surface area contributed by atoms with Gasteiger partial charge >= 0.3 is 0 Å². The standard InChI is InChI=1S/C10H12ClN3O3/c11-9-8(4-15)10(14-6-13-9)12-3-7-5-16-1-2-17-7/h4,6-7H,1-3,5H2,(H,12,13,14). The van der Waals surface area contributed by atoms with Gasteiger partial charge in [0.05, 0.1) is 31.5 Å². The predicted molar refractivity (Wildman–Crippen MR) is 61.5 cm³/mol. The predicted octanol–water partition coefficient (Wildman–Crippen LogP) is 0.770. The van der Waals surface area contributed by atoms with Crippen LogP contribution in [-0.4, -0.2) is 48.7 Å². The largest absolute Gasteiger partial charge is 0.376 e. The van der Waals surface area contributed by atoms with E-state index in [4.69, 9.17) is 21.1 Å². The van der Waals surface area contributed by atoms with E-state index < -0.39 is 0 Å². The summed E-state index contributed by atoms with van der Waals surface area (Å²) < 4.78 is 10.7. The highest BCUT2D eigenvalue weighted by molar-refractivity contribution is 6.32. The van der Waals surface area contributed by atoms with Crippen molar-refractivity contribution in [3.05, 3.63) is 17.0 Å². The molecule has 0 aliphatic carbocycles. The van der Waals surface area contributed by atoms with Gasteiger partial charge in [0.1, 0.15) is 17.3 Å². The minimum Gasteiger partial charge on any atom is -0.376 e. The third-order valence-corrected chi connectivity index (χ3v) is 2.64. The smallest absolute Gasteiger partial charge is 0.156 e. The first kappa shape index (κ1) is 12.2. The lowest BCUT2D eigenvalue weighted by atomic mass is 10.3. The van der Waals surface area contributed by atoms with Crippen LogP contribution >= 0.6 is 11.6 Å². The van der Waals surface area contributed by atoms with Gasteiger partial charge < -0.3 is 14.8 Å². The molecular weight excluding hydrogens is 246 g/mol. The summed E-state index contributed by atoms with van der Waals surface area (Å²) in [4.78, 5) is 18.5. The van der Waals surface area contributed by atoms with Crippen molar-refractivity contribution < 1.29 is 14.3 Å². The second kappa shape index (κ2) is 5.90. The Hall–Kier alpha value is -1.24. The van der Waals surface area contributed by atoms with Gasteiger partial charge in [-0.25, -0.2) is 9.97 Å². The Kier molecular flexibility index (Phi) is 4.24. The number of anilines is 1. The van der Waals surface area contributed by atoms with Crippen LogP contribution in [0, 0.1) is 0 Å². The third-order valence-electron chi connectivity index (χ3n) is 2.34. The lowest BCUT2D eigenvalue weighted by molar-refractivity contribution is -0.0819. The molecule has 1 aromatic rings. The average molecular weight is 258 g/mol. The highest BCUT2D eigenvalue weighted by atomic mass is 35.5. The zero-order valence-electron chi connectivity index (χ0n) is 9.06. The van der Waals surface area contributed by atoms with E-state index in [0.717, 1.165) is 0 Å². The molecule has 1 unspecified atom stereocenters. The first-order valence-electron chi connectivity index (χ1n) is 5.20. The Bertz CT molecular complexity index is 396. The minimum absolute atomic E-state index is 0.0445. The number of hydrogen-bond acceptors (Lipinski definition) is 6. The monoisotopic (exact) mass is 257 g/mol. The number of hydrogen-bond donors (Lipinski definition) is 1. The Labute approximate surface area is 103 Å². The van der Waals surface area contributed by atoms with Crippen LogP contribution < -0.4 is 5.32 Å². The lowest BCUT2D eigenvalue weighted by Gasteiger charge is -2.23. The van der Waals surface area contributed by atoms with Crippen molar-refractivity contribution in [2.75, 3.05) is 31.7 Å². The van der Waals surface area contributed by atoms with E-state index in [1.807, 2.05) is 0 Å². The molecule has 0 radical (unpaired) electrons. The first-order chi connectivity index (χ1) is 8.31. The molecule has 1 fully saturated rings. The van der Waals surface area contributed by atoms with Crippen LogP contribution in [0.4, 0.5) is 5.82 Å². The summed E-state index contributed by atoms with van der Waals surface area (Å²) in [6.07, 6.45) is 1.88. The summed E-state index contributed by atoms with van der Waals surface area (Å²) in [5.74, 6) is 0.411. The van der Waals surface area contributed by atoms with E-state index in [0.29, 0.717) is 38.5 Å². The topological polar surface area (TPSA) is 73.3 Å². The van der Waals surface area contributed by atoms with E-state index >= 15 is 0 Å². The third kappa shape index (κ3) is 3.12. The van der Waals surface area contributed by atoms with Gasteiger partial charge in [0.2, 0.25) is 0 Å². The number of carbonyl (C=O) groups is 1. The lowest BCUT2D eigenvalue weighted by Crippen LogP contribution is -2.34. The van der Waals surface area contributed by atoms with Gasteiger partial charge in [0.15, 0.2) is 6.29 Å². The number of ether oxygens (including phenoxy) is 2. The van der Waals surface area contributed by atoms with E-state index in [9.17, 15) is 4.79 Å². The van der Waals surface area contributed by atoms with Crippen LogP contribution in [-0.2, 0) is 9.47 Å². The molecule has 1 aromatic heterocycles. The number of rotatable bonds is 4. The van der Waals surface area contributed by atoms with Crippen molar-refractivity contribution in [1.29, 1.82) is 0 Å². The fourth-order valence-corrected chi connectivity index (χ4v) is 1.66. The molecule has 1 aliphatic rings. The Morgan fingerprint density at radius 3 is 3.12 bits per heavy atom. The molecule has 1 saturated heterocycles. The first-order valence-corrected chi connectivity index (χ1v) is 5.58. The molecule has 1 aliphatic heterocycles. The Morgan fingerprint density at radius 1 is 1.53 bits per heavy atom. The molecule has 92 valence electrons. The molecular formula is C10H12ClN3O3. The van der Waals surface area contributed by atoms with Crippen molar-refractivity contribution in [3.8, 4) is 0 Å². The summed E-state index contributed by atoms with van der Waals surface area (Å²) >= 11 is 5.77. The maximum Gasteiger partial charge on any atom is 0.156 e. The van der Waals surface area contributed by atoms with E-state index in [1.54, 1.807) is 0 Å². The second-order valence-corrected chi connectivity index (χ2v) is 3.85. The molecule has 0 saturated carbocycles. The number of carbonyl (C=O) groups excluding carboxylic acids is 1. The van der Waals surface area contributed by atoms with Crippen molar-refractivity contribution in [2.24, 2.45) is 0 Å². The zero-order chi connectivity index (χ0) is 12.1. The maximum absolute atomic E-state index is 10.8. The summed E-state index contributed by atoms with van der Waals surface area (Å²) in [6.45, 7) is 2.24. The summed E-state index contributed by atoms with van der Waals surface area (Å²) in [5, 5.41) is 3.14. The van der Waals surface area contributed by atoms with Crippen LogP contribution in [0.15, 0.2) is 6.33 Å². The van der Waals surface area contributed by atoms with Crippen LogP contribution in [0.5, 0.6) is 0 Å². The number of nitrogens with one attached hydrogen (secondary N) is 1. The van der Waals surface area contributed by atoms with E-state index in [2.05, 4.69) is 15.3 Å². The quantitative estimate of drug-likeness (QED) is 0.634. The Morgan fingerprint density at radius 2 is 2.41 bits per heavy atom. The van der Waals surface area contributed by atoms with Gasteiger partial charge in [-0.05, 0) is 0 Å². The summed E-state index contributed by atoms with van der Waals surface area (Å²) in [5.41, 5.74) is 0.255.